The van der Waals surface area contributed by atoms with Gasteiger partial charge in [-0.25, -0.2) is 5.01 Å². The first-order chi connectivity index (χ1) is 32.4. The van der Waals surface area contributed by atoms with Crippen molar-refractivity contribution >= 4 is 46.1 Å². The maximum absolute atomic E-state index is 4.06. The molecule has 69 heavy (non-hydrogen) atoms. The van der Waals surface area contributed by atoms with E-state index >= 15 is 0 Å². The maximum atomic E-state index is 4.06. The lowest BCUT2D eigenvalue weighted by Gasteiger charge is -2.43. The Bertz CT molecular complexity index is 2820. The van der Waals surface area contributed by atoms with Gasteiger partial charge in [-0.1, -0.05) is 211 Å². The Morgan fingerprint density at radius 3 is 1.91 bits per heavy atom. The van der Waals surface area contributed by atoms with Gasteiger partial charge in [0.15, 0.2) is 0 Å². The first kappa shape index (κ1) is 49.7. The van der Waals surface area contributed by atoms with Crippen LogP contribution in [-0.4, -0.2) is 13.3 Å². The Hall–Kier alpha value is -5.70. The van der Waals surface area contributed by atoms with Crippen molar-refractivity contribution in [2.75, 3.05) is 21.5 Å². The number of hydrazine groups is 1. The molecule has 0 radical (unpaired) electrons. The minimum atomic E-state index is -0.0482. The van der Waals surface area contributed by atoms with E-state index in [4.69, 9.17) is 0 Å². The SMILES string of the molecule is C=C/C=C\CN(c1ccccc1)N(C1=C=C2C(=C1)C(C)(C)CC2(C)C)c1cccc(N(c2ccc3c(c2)C(C)(C)CCC3(C)C)c2cc(C(C)(C)CCC(C)(C)C)ccc2B(C)c2ccccc2)c1. The van der Waals surface area contributed by atoms with Crippen molar-refractivity contribution in [1.29, 1.82) is 0 Å². The minimum Gasteiger partial charge on any atom is -0.311 e. The molecule has 0 amide bonds. The van der Waals surface area contributed by atoms with Crippen LogP contribution in [0.4, 0.5) is 28.4 Å². The standard InChI is InChI=1S/C65H80BN3/c1-16-17-24-40-67(49-28-22-19-23-29-49)69(53-44-56-57(45-53)65(13,14)46-64(56,11)12)52-31-25-30-50(42-52)68(51-33-34-54-55(43-51)63(9,10)39-38-62(54,7)8)59-41-47(61(5,6)37-36-60(2,3)4)32-35-58(59)66(15)48-26-20-18-21-27-48/h16-35,41-44H,1,36-40,46H2,2-15H3/b24-17-. The molecule has 1 saturated carbocycles. The van der Waals surface area contributed by atoms with Crippen LogP contribution in [0.3, 0.4) is 0 Å². The van der Waals surface area contributed by atoms with Gasteiger partial charge in [0.1, 0.15) is 5.70 Å². The highest BCUT2D eigenvalue weighted by molar-refractivity contribution is 6.85. The second-order valence-electron chi connectivity index (χ2n) is 25.0. The number of allylic oxidation sites excluding steroid dienone is 4. The summed E-state index contributed by atoms with van der Waals surface area (Å²) in [6.07, 6.45) is 14.2. The highest BCUT2D eigenvalue weighted by Gasteiger charge is 2.47. The number of fused-ring (bicyclic) bond motifs is 2. The van der Waals surface area contributed by atoms with Crippen LogP contribution in [0.2, 0.25) is 6.82 Å². The maximum Gasteiger partial charge on any atom is 0.208 e. The van der Waals surface area contributed by atoms with Crippen molar-refractivity contribution in [3.8, 4) is 0 Å². The average Bonchev–Trinajstić information content (AvgIpc) is 3.84. The Balaban J connectivity index is 1.42. The summed E-state index contributed by atoms with van der Waals surface area (Å²) in [7, 11) is 0. The summed E-state index contributed by atoms with van der Waals surface area (Å²) < 4.78 is 0. The number of para-hydroxylation sites is 1. The molecule has 0 bridgehead atoms. The van der Waals surface area contributed by atoms with E-state index in [1.165, 1.54) is 56.6 Å². The van der Waals surface area contributed by atoms with Crippen molar-refractivity contribution in [3.05, 3.63) is 191 Å². The summed E-state index contributed by atoms with van der Waals surface area (Å²) >= 11 is 0. The fourth-order valence-corrected chi connectivity index (χ4v) is 11.7. The summed E-state index contributed by atoms with van der Waals surface area (Å²) in [6.45, 7) is 38.5. The highest BCUT2D eigenvalue weighted by atomic mass is 15.6. The summed E-state index contributed by atoms with van der Waals surface area (Å²) in [5, 5.41) is 4.82. The normalized spacial score (nSPS) is 17.6. The molecule has 0 unspecified atom stereocenters. The molecular weight excluding hydrogens is 834 g/mol. The number of hydrogen-bond donors (Lipinski definition) is 0. The van der Waals surface area contributed by atoms with Crippen molar-refractivity contribution in [2.24, 2.45) is 16.2 Å². The van der Waals surface area contributed by atoms with Crippen LogP contribution in [-0.2, 0) is 16.2 Å². The number of nitrogens with zero attached hydrogens (tertiary/aromatic N) is 3. The predicted molar refractivity (Wildman–Crippen MR) is 302 cm³/mol. The Morgan fingerprint density at radius 1 is 0.638 bits per heavy atom. The van der Waals surface area contributed by atoms with E-state index < -0.39 is 0 Å². The van der Waals surface area contributed by atoms with E-state index in [0.29, 0.717) is 6.54 Å². The van der Waals surface area contributed by atoms with Gasteiger partial charge in [0.05, 0.1) is 17.9 Å². The van der Waals surface area contributed by atoms with Gasteiger partial charge in [-0.15, -0.1) is 0 Å². The van der Waals surface area contributed by atoms with E-state index in [1.807, 2.05) is 6.08 Å². The zero-order valence-electron chi connectivity index (χ0n) is 44.7. The molecule has 3 nitrogen and oxygen atoms in total. The molecular formula is C65H80BN3. The van der Waals surface area contributed by atoms with Crippen LogP contribution in [0.1, 0.15) is 139 Å². The lowest BCUT2D eigenvalue weighted by molar-refractivity contribution is 0.315. The number of hydrogen-bond acceptors (Lipinski definition) is 3. The quantitative estimate of drug-likeness (QED) is 0.0448. The van der Waals surface area contributed by atoms with Gasteiger partial charge in [0.2, 0.25) is 6.71 Å². The third-order valence-electron chi connectivity index (χ3n) is 15.9. The van der Waals surface area contributed by atoms with Crippen LogP contribution in [0.25, 0.3) is 0 Å². The van der Waals surface area contributed by atoms with Gasteiger partial charge in [-0.2, -0.15) is 0 Å². The van der Waals surface area contributed by atoms with Crippen molar-refractivity contribution < 1.29 is 0 Å². The van der Waals surface area contributed by atoms with Crippen LogP contribution < -0.4 is 25.8 Å². The van der Waals surface area contributed by atoms with Gasteiger partial charge in [0.25, 0.3) is 0 Å². The van der Waals surface area contributed by atoms with E-state index in [2.05, 4.69) is 264 Å². The van der Waals surface area contributed by atoms with Gasteiger partial charge in [0, 0.05) is 22.6 Å². The van der Waals surface area contributed by atoms with E-state index in [9.17, 15) is 0 Å². The fourth-order valence-electron chi connectivity index (χ4n) is 11.7. The van der Waals surface area contributed by atoms with Gasteiger partial charge >= 0.3 is 0 Å². The highest BCUT2D eigenvalue weighted by Crippen LogP contribution is 2.58. The zero-order chi connectivity index (χ0) is 49.7. The van der Waals surface area contributed by atoms with E-state index in [-0.39, 0.29) is 39.2 Å². The molecule has 5 aromatic carbocycles. The second kappa shape index (κ2) is 18.6. The second-order valence-corrected chi connectivity index (χ2v) is 25.0. The van der Waals surface area contributed by atoms with Crippen LogP contribution in [0, 0.1) is 16.2 Å². The monoisotopic (exact) mass is 914 g/mol. The van der Waals surface area contributed by atoms with E-state index in [0.717, 1.165) is 48.4 Å². The molecule has 3 aliphatic rings. The fraction of sp³-hybridized carbons (Fsp3) is 0.400. The van der Waals surface area contributed by atoms with Gasteiger partial charge in [-0.3, -0.25) is 5.01 Å². The summed E-state index contributed by atoms with van der Waals surface area (Å²) in [5.41, 5.74) is 20.8. The molecule has 0 heterocycles. The van der Waals surface area contributed by atoms with Crippen molar-refractivity contribution in [3.63, 3.8) is 0 Å². The molecule has 3 aliphatic carbocycles. The van der Waals surface area contributed by atoms with Crippen LogP contribution in [0.5, 0.6) is 0 Å². The summed E-state index contributed by atoms with van der Waals surface area (Å²) in [5.74, 6) is 0. The lowest BCUT2D eigenvalue weighted by Crippen LogP contribution is -2.42. The van der Waals surface area contributed by atoms with Gasteiger partial charge < -0.3 is 4.90 Å². The largest absolute Gasteiger partial charge is 0.311 e. The molecule has 1 fully saturated rings. The first-order valence-electron chi connectivity index (χ1n) is 25.8. The first-order valence-corrected chi connectivity index (χ1v) is 25.8. The van der Waals surface area contributed by atoms with Crippen LogP contribution >= 0.6 is 0 Å². The molecule has 8 rings (SSSR count). The average molecular weight is 914 g/mol. The third-order valence-corrected chi connectivity index (χ3v) is 15.9. The number of rotatable bonds is 15. The molecule has 5 aromatic rings. The summed E-state index contributed by atoms with van der Waals surface area (Å²) in [6, 6.07) is 46.0. The molecule has 0 N–H and O–H groups in total. The molecule has 0 saturated heterocycles. The molecule has 358 valence electrons. The van der Waals surface area contributed by atoms with Gasteiger partial charge in [-0.05, 0) is 141 Å². The predicted octanol–water partition coefficient (Wildman–Crippen LogP) is 16.6. The Morgan fingerprint density at radius 2 is 1.26 bits per heavy atom. The van der Waals surface area contributed by atoms with E-state index in [1.54, 1.807) is 0 Å². The topological polar surface area (TPSA) is 9.72 Å². The van der Waals surface area contributed by atoms with Crippen molar-refractivity contribution in [1.82, 2.24) is 0 Å². The third kappa shape index (κ3) is 10.2. The molecule has 0 aromatic heterocycles. The lowest BCUT2D eigenvalue weighted by atomic mass is 9.42. The Labute approximate surface area is 418 Å². The Kier molecular flexibility index (Phi) is 13.4. The van der Waals surface area contributed by atoms with Crippen molar-refractivity contribution in [2.45, 2.75) is 145 Å². The minimum absolute atomic E-state index is 0.00797. The summed E-state index contributed by atoms with van der Waals surface area (Å²) in [4.78, 5) is 2.60. The zero-order valence-corrected chi connectivity index (χ0v) is 44.7. The van der Waals surface area contributed by atoms with Crippen LogP contribution in [0.15, 0.2) is 175 Å². The number of anilines is 5. The molecule has 0 aliphatic heterocycles. The smallest absolute Gasteiger partial charge is 0.208 e. The molecule has 0 atom stereocenters. The molecule has 0 spiro atoms. The molecule has 4 heteroatoms. The number of benzene rings is 5.